The second kappa shape index (κ2) is 6.68. The Balaban J connectivity index is 1.49. The summed E-state index contributed by atoms with van der Waals surface area (Å²) in [5.41, 5.74) is -1.07. The number of nitrogens with one attached hydrogen (secondary N) is 1. The number of carbonyl (C=O) groups excluding carboxylic acids is 3. The second-order valence-corrected chi connectivity index (χ2v) is 8.71. The molecule has 3 fully saturated rings. The molecule has 1 aromatic rings. The van der Waals surface area contributed by atoms with Crippen LogP contribution in [0.15, 0.2) is 17.5 Å². The van der Waals surface area contributed by atoms with E-state index >= 15 is 0 Å². The number of hydrogen-bond donors (Lipinski definition) is 1. The lowest BCUT2D eigenvalue weighted by molar-refractivity contribution is -0.142. The summed E-state index contributed by atoms with van der Waals surface area (Å²) in [5, 5.41) is 4.65. The molecule has 1 aliphatic carbocycles. The Bertz CT molecular complexity index is 718. The molecule has 3 atom stereocenters. The molecule has 2 saturated heterocycles. The zero-order valence-electron chi connectivity index (χ0n) is 15.1. The third-order valence-electron chi connectivity index (χ3n) is 6.15. The molecule has 1 N–H and O–H groups in total. The van der Waals surface area contributed by atoms with Crippen molar-refractivity contribution in [3.8, 4) is 0 Å². The number of fused-ring (bicyclic) bond motifs is 1. The van der Waals surface area contributed by atoms with Crippen molar-refractivity contribution in [1.82, 2.24) is 15.1 Å². The van der Waals surface area contributed by atoms with Gasteiger partial charge in [0.15, 0.2) is 5.54 Å². The topological polar surface area (TPSA) is 69.7 Å². The van der Waals surface area contributed by atoms with Gasteiger partial charge in [-0.05, 0) is 50.0 Å². The standard InChI is InChI=1S/C19H25N3O3S/c1-19(15-9-5-11-26-15)17(24)22(18(25)20-19)12-16(23)21-10-4-7-13-6-2-3-8-14(13)21/h5,9,11,13-14H,2-4,6-8,10,12H2,1H3,(H,20,25). The monoisotopic (exact) mass is 375 g/mol. The van der Waals surface area contributed by atoms with Crippen molar-refractivity contribution in [3.63, 3.8) is 0 Å². The summed E-state index contributed by atoms with van der Waals surface area (Å²) < 4.78 is 0. The largest absolute Gasteiger partial charge is 0.338 e. The van der Waals surface area contributed by atoms with E-state index < -0.39 is 11.6 Å². The smallest absolute Gasteiger partial charge is 0.325 e. The third-order valence-corrected chi connectivity index (χ3v) is 7.24. The maximum Gasteiger partial charge on any atom is 0.325 e. The lowest BCUT2D eigenvalue weighted by atomic mass is 9.78. The fourth-order valence-corrected chi connectivity index (χ4v) is 5.57. The molecule has 1 aromatic heterocycles. The van der Waals surface area contributed by atoms with E-state index in [4.69, 9.17) is 0 Å². The molecule has 1 saturated carbocycles. The molecule has 26 heavy (non-hydrogen) atoms. The number of urea groups is 1. The van der Waals surface area contributed by atoms with Crippen molar-refractivity contribution in [3.05, 3.63) is 22.4 Å². The summed E-state index contributed by atoms with van der Waals surface area (Å²) in [4.78, 5) is 42.1. The van der Waals surface area contributed by atoms with Gasteiger partial charge in [-0.15, -0.1) is 11.3 Å². The van der Waals surface area contributed by atoms with Crippen LogP contribution in [0.1, 0.15) is 50.3 Å². The third kappa shape index (κ3) is 2.82. The van der Waals surface area contributed by atoms with Crippen LogP contribution in [0.5, 0.6) is 0 Å². The number of carbonyl (C=O) groups is 3. The van der Waals surface area contributed by atoms with Gasteiger partial charge in [0.2, 0.25) is 5.91 Å². The summed E-state index contributed by atoms with van der Waals surface area (Å²) in [6.07, 6.45) is 6.84. The van der Waals surface area contributed by atoms with Crippen LogP contribution in [-0.2, 0) is 15.1 Å². The zero-order chi connectivity index (χ0) is 18.3. The number of nitrogens with zero attached hydrogens (tertiary/aromatic N) is 2. The highest BCUT2D eigenvalue weighted by Gasteiger charge is 2.50. The van der Waals surface area contributed by atoms with Gasteiger partial charge in [0.05, 0.1) is 0 Å². The Labute approximate surface area is 157 Å². The van der Waals surface area contributed by atoms with E-state index in [1.54, 1.807) is 6.92 Å². The van der Waals surface area contributed by atoms with Crippen molar-refractivity contribution in [1.29, 1.82) is 0 Å². The first-order chi connectivity index (χ1) is 12.5. The fraction of sp³-hybridized carbons (Fsp3) is 0.632. The molecule has 0 bridgehead atoms. The second-order valence-electron chi connectivity index (χ2n) is 7.76. The minimum atomic E-state index is -1.07. The number of hydrogen-bond acceptors (Lipinski definition) is 4. The van der Waals surface area contributed by atoms with Crippen LogP contribution >= 0.6 is 11.3 Å². The number of imide groups is 1. The van der Waals surface area contributed by atoms with Crippen LogP contribution in [0, 0.1) is 5.92 Å². The highest BCUT2D eigenvalue weighted by atomic mass is 32.1. The van der Waals surface area contributed by atoms with E-state index in [1.165, 1.54) is 30.6 Å². The van der Waals surface area contributed by atoms with E-state index in [9.17, 15) is 14.4 Å². The summed E-state index contributed by atoms with van der Waals surface area (Å²) in [6, 6.07) is 3.51. The summed E-state index contributed by atoms with van der Waals surface area (Å²) in [5.74, 6) is 0.150. The van der Waals surface area contributed by atoms with Crippen LogP contribution < -0.4 is 5.32 Å². The number of rotatable bonds is 3. The van der Waals surface area contributed by atoms with Gasteiger partial charge in [-0.1, -0.05) is 18.9 Å². The SMILES string of the molecule is CC1(c2cccs2)NC(=O)N(CC(=O)N2CCCC3CCCCC32)C1=O. The zero-order valence-corrected chi connectivity index (χ0v) is 15.9. The van der Waals surface area contributed by atoms with Gasteiger partial charge in [-0.25, -0.2) is 4.79 Å². The van der Waals surface area contributed by atoms with Crippen LogP contribution in [0.2, 0.25) is 0 Å². The Morgan fingerprint density at radius 1 is 1.27 bits per heavy atom. The molecule has 3 aliphatic rings. The van der Waals surface area contributed by atoms with Crippen molar-refractivity contribution in [2.24, 2.45) is 5.92 Å². The Morgan fingerprint density at radius 2 is 2.04 bits per heavy atom. The molecule has 140 valence electrons. The van der Waals surface area contributed by atoms with E-state index in [0.717, 1.165) is 35.6 Å². The van der Waals surface area contributed by atoms with Gasteiger partial charge in [0, 0.05) is 17.5 Å². The summed E-state index contributed by atoms with van der Waals surface area (Å²) in [7, 11) is 0. The Kier molecular flexibility index (Phi) is 4.50. The highest BCUT2D eigenvalue weighted by Crippen LogP contribution is 2.36. The Morgan fingerprint density at radius 3 is 2.81 bits per heavy atom. The number of piperidine rings is 1. The first-order valence-corrected chi connectivity index (χ1v) is 10.4. The number of thiophene rings is 1. The fourth-order valence-electron chi connectivity index (χ4n) is 4.73. The van der Waals surface area contributed by atoms with Gasteiger partial charge >= 0.3 is 6.03 Å². The van der Waals surface area contributed by atoms with Gasteiger partial charge in [-0.2, -0.15) is 0 Å². The molecular formula is C19H25N3O3S. The molecular weight excluding hydrogens is 350 g/mol. The minimum Gasteiger partial charge on any atom is -0.338 e. The average Bonchev–Trinajstić information content (AvgIpc) is 3.26. The van der Waals surface area contributed by atoms with Crippen LogP contribution in [0.25, 0.3) is 0 Å². The number of likely N-dealkylation sites (tertiary alicyclic amines) is 1. The van der Waals surface area contributed by atoms with Crippen LogP contribution in [0.3, 0.4) is 0 Å². The van der Waals surface area contributed by atoms with E-state index in [1.807, 2.05) is 22.4 Å². The Hall–Kier alpha value is -1.89. The van der Waals surface area contributed by atoms with Crippen LogP contribution in [-0.4, -0.2) is 46.8 Å². The van der Waals surface area contributed by atoms with E-state index in [0.29, 0.717) is 5.92 Å². The highest BCUT2D eigenvalue weighted by molar-refractivity contribution is 7.10. The van der Waals surface area contributed by atoms with Crippen molar-refractivity contribution in [2.75, 3.05) is 13.1 Å². The maximum atomic E-state index is 13.0. The predicted octanol–water partition coefficient (Wildman–Crippen LogP) is 2.70. The molecule has 3 unspecified atom stereocenters. The minimum absolute atomic E-state index is 0.0967. The molecule has 0 radical (unpaired) electrons. The van der Waals surface area contributed by atoms with Crippen molar-refractivity contribution in [2.45, 2.75) is 57.0 Å². The van der Waals surface area contributed by atoms with E-state index in [-0.39, 0.29) is 24.4 Å². The first-order valence-electron chi connectivity index (χ1n) is 9.48. The van der Waals surface area contributed by atoms with Crippen molar-refractivity contribution < 1.29 is 14.4 Å². The molecule has 3 heterocycles. The molecule has 4 rings (SSSR count). The quantitative estimate of drug-likeness (QED) is 0.826. The van der Waals surface area contributed by atoms with Gasteiger partial charge < -0.3 is 10.2 Å². The lowest BCUT2D eigenvalue weighted by Gasteiger charge is -2.44. The summed E-state index contributed by atoms with van der Waals surface area (Å²) in [6.45, 7) is 2.29. The van der Waals surface area contributed by atoms with E-state index in [2.05, 4.69) is 5.32 Å². The van der Waals surface area contributed by atoms with Gasteiger partial charge in [0.25, 0.3) is 5.91 Å². The molecule has 6 nitrogen and oxygen atoms in total. The first kappa shape index (κ1) is 17.5. The van der Waals surface area contributed by atoms with Crippen LogP contribution in [0.4, 0.5) is 4.79 Å². The van der Waals surface area contributed by atoms with Gasteiger partial charge in [-0.3, -0.25) is 14.5 Å². The molecule has 4 amide bonds. The maximum absolute atomic E-state index is 13.0. The molecule has 0 spiro atoms. The average molecular weight is 375 g/mol. The molecule has 2 aliphatic heterocycles. The molecule has 0 aromatic carbocycles. The molecule has 7 heteroatoms. The lowest BCUT2D eigenvalue weighted by Crippen LogP contribution is -2.53. The van der Waals surface area contributed by atoms with Gasteiger partial charge in [0.1, 0.15) is 6.54 Å². The predicted molar refractivity (Wildman–Crippen MR) is 98.6 cm³/mol. The number of amides is 4. The normalized spacial score (nSPS) is 31.7. The van der Waals surface area contributed by atoms with Crippen molar-refractivity contribution >= 4 is 29.2 Å². The summed E-state index contributed by atoms with van der Waals surface area (Å²) >= 11 is 1.43.